The van der Waals surface area contributed by atoms with Crippen LogP contribution in [0.4, 0.5) is 0 Å². The summed E-state index contributed by atoms with van der Waals surface area (Å²) in [5.74, 6) is 0. The Labute approximate surface area is 95.7 Å². The first-order valence-electron chi connectivity index (χ1n) is 4.97. The fraction of sp³-hybridized carbons (Fsp3) is 0.909. The van der Waals surface area contributed by atoms with Gasteiger partial charge in [0.1, 0.15) is 6.21 Å². The van der Waals surface area contributed by atoms with Gasteiger partial charge in [-0.1, -0.05) is 36.4 Å². The minimum atomic E-state index is 0.279. The predicted molar refractivity (Wildman–Crippen MR) is 67.2 cm³/mol. The van der Waals surface area contributed by atoms with Crippen molar-refractivity contribution in [3.05, 3.63) is 0 Å². The molecule has 2 heteroatoms. The van der Waals surface area contributed by atoms with Crippen LogP contribution in [0.25, 0.3) is 0 Å². The highest BCUT2D eigenvalue weighted by atomic mass is 127. The van der Waals surface area contributed by atoms with E-state index in [1.165, 1.54) is 13.0 Å². The molecule has 1 nitrogen and oxygen atoms in total. The lowest BCUT2D eigenvalue weighted by molar-refractivity contribution is -0.598. The topological polar surface area (TPSA) is 3.01 Å². The van der Waals surface area contributed by atoms with Crippen molar-refractivity contribution in [3.8, 4) is 0 Å². The molecule has 0 N–H and O–H groups in total. The molecule has 0 aromatic carbocycles. The second-order valence-corrected chi connectivity index (χ2v) is 7.50. The minimum absolute atomic E-state index is 0.279. The van der Waals surface area contributed by atoms with Gasteiger partial charge in [-0.2, -0.15) is 0 Å². The maximum absolute atomic E-state index is 2.58. The van der Waals surface area contributed by atoms with Crippen molar-refractivity contribution in [2.45, 2.75) is 50.5 Å². The highest BCUT2D eigenvalue weighted by molar-refractivity contribution is 14.1. The molecule has 0 aromatic rings. The molecule has 1 unspecified atom stereocenters. The van der Waals surface area contributed by atoms with Gasteiger partial charge in [-0.05, 0) is 27.2 Å². The highest BCUT2D eigenvalue weighted by Crippen LogP contribution is 2.29. The first kappa shape index (κ1) is 11.5. The Morgan fingerprint density at radius 3 is 2.31 bits per heavy atom. The van der Waals surface area contributed by atoms with E-state index in [1.54, 1.807) is 0 Å². The molecule has 76 valence electrons. The zero-order chi connectivity index (χ0) is 10.3. The molecule has 0 amide bonds. The molecule has 0 spiro atoms. The lowest BCUT2D eigenvalue weighted by Crippen LogP contribution is -2.45. The predicted octanol–water partition coefficient (Wildman–Crippen LogP) is 3.10. The SMILES string of the molecule is CC1(C)C=[N+](C(C)(C)C)CC(I)C1. The Hall–Kier alpha value is 0.400. The second-order valence-electron chi connectivity index (χ2n) is 5.74. The van der Waals surface area contributed by atoms with Gasteiger partial charge < -0.3 is 0 Å². The zero-order valence-electron chi connectivity index (χ0n) is 9.39. The number of nitrogens with zero attached hydrogens (tertiary/aromatic N) is 1. The molecule has 0 bridgehead atoms. The van der Waals surface area contributed by atoms with Crippen molar-refractivity contribution in [3.63, 3.8) is 0 Å². The molecule has 1 atom stereocenters. The van der Waals surface area contributed by atoms with Crippen LogP contribution >= 0.6 is 22.6 Å². The summed E-state index contributed by atoms with van der Waals surface area (Å²) in [7, 11) is 0. The average molecular weight is 294 g/mol. The standard InChI is InChI=1S/C11H21IN/c1-10(2,3)13-7-9(12)6-11(4,5)8-13/h8-9H,6-7H2,1-5H3/q+1. The third-order valence-corrected chi connectivity index (χ3v) is 3.34. The normalized spacial score (nSPS) is 28.5. The molecule has 1 aliphatic heterocycles. The van der Waals surface area contributed by atoms with Gasteiger partial charge in [0.25, 0.3) is 0 Å². The summed E-state index contributed by atoms with van der Waals surface area (Å²) in [5.41, 5.74) is 0.651. The maximum atomic E-state index is 2.58. The third kappa shape index (κ3) is 3.22. The van der Waals surface area contributed by atoms with Crippen LogP contribution < -0.4 is 0 Å². The second kappa shape index (κ2) is 3.52. The van der Waals surface area contributed by atoms with Gasteiger partial charge in [0, 0.05) is 5.41 Å². The molecule has 0 fully saturated rings. The number of hydrogen-bond donors (Lipinski definition) is 0. The number of alkyl halides is 1. The number of halogens is 1. The van der Waals surface area contributed by atoms with E-state index in [-0.39, 0.29) is 5.54 Å². The van der Waals surface area contributed by atoms with E-state index in [1.807, 2.05) is 0 Å². The summed E-state index contributed by atoms with van der Waals surface area (Å²) in [5, 5.41) is 0. The van der Waals surface area contributed by atoms with Crippen LogP contribution in [-0.2, 0) is 0 Å². The first-order valence-corrected chi connectivity index (χ1v) is 6.22. The van der Waals surface area contributed by atoms with Gasteiger partial charge >= 0.3 is 0 Å². The van der Waals surface area contributed by atoms with E-state index < -0.39 is 0 Å². The Bertz CT molecular complexity index is 223. The third-order valence-electron chi connectivity index (χ3n) is 2.51. The van der Waals surface area contributed by atoms with Gasteiger partial charge in [0.2, 0.25) is 0 Å². The molecule has 0 radical (unpaired) electrons. The van der Waals surface area contributed by atoms with E-state index in [2.05, 4.69) is 68.0 Å². The quantitative estimate of drug-likeness (QED) is 0.367. The van der Waals surface area contributed by atoms with Crippen molar-refractivity contribution < 1.29 is 4.58 Å². The first-order chi connectivity index (χ1) is 5.71. The van der Waals surface area contributed by atoms with Crippen LogP contribution in [0.3, 0.4) is 0 Å². The number of hydrogen-bond acceptors (Lipinski definition) is 0. The van der Waals surface area contributed by atoms with Crippen LogP contribution in [0.5, 0.6) is 0 Å². The van der Waals surface area contributed by atoms with Gasteiger partial charge in [0.05, 0.1) is 3.92 Å². The fourth-order valence-electron chi connectivity index (χ4n) is 1.84. The van der Waals surface area contributed by atoms with Crippen LogP contribution in [0.1, 0.15) is 41.0 Å². The molecular weight excluding hydrogens is 273 g/mol. The van der Waals surface area contributed by atoms with Gasteiger partial charge in [-0.3, -0.25) is 0 Å². The Morgan fingerprint density at radius 1 is 1.38 bits per heavy atom. The zero-order valence-corrected chi connectivity index (χ0v) is 11.6. The summed E-state index contributed by atoms with van der Waals surface area (Å²) in [4.78, 5) is 0. The largest absolute Gasteiger partial charge is 0.234 e. The summed E-state index contributed by atoms with van der Waals surface area (Å²) in [6.45, 7) is 12.7. The van der Waals surface area contributed by atoms with E-state index in [9.17, 15) is 0 Å². The molecule has 1 heterocycles. The van der Waals surface area contributed by atoms with E-state index in [0.717, 1.165) is 3.92 Å². The van der Waals surface area contributed by atoms with E-state index >= 15 is 0 Å². The molecule has 0 saturated heterocycles. The molecular formula is C11H21IN+. The summed E-state index contributed by atoms with van der Waals surface area (Å²) < 4.78 is 3.28. The maximum Gasteiger partial charge on any atom is 0.154 e. The summed E-state index contributed by atoms with van der Waals surface area (Å²) >= 11 is 2.58. The van der Waals surface area contributed by atoms with Crippen LogP contribution in [0.15, 0.2) is 0 Å². The van der Waals surface area contributed by atoms with E-state index in [4.69, 9.17) is 0 Å². The molecule has 0 saturated carbocycles. The minimum Gasteiger partial charge on any atom is -0.234 e. The van der Waals surface area contributed by atoms with Crippen molar-refractivity contribution in [2.24, 2.45) is 5.41 Å². The van der Waals surface area contributed by atoms with Crippen LogP contribution in [0, 0.1) is 5.41 Å². The molecule has 13 heavy (non-hydrogen) atoms. The van der Waals surface area contributed by atoms with Crippen molar-refractivity contribution >= 4 is 28.8 Å². The lowest BCUT2D eigenvalue weighted by Gasteiger charge is -2.31. The van der Waals surface area contributed by atoms with Gasteiger partial charge in [0.15, 0.2) is 12.1 Å². The van der Waals surface area contributed by atoms with Crippen LogP contribution in [-0.4, -0.2) is 26.8 Å². The Balaban J connectivity index is 2.92. The molecule has 0 aromatic heterocycles. The van der Waals surface area contributed by atoms with Crippen molar-refractivity contribution in [2.75, 3.05) is 6.54 Å². The van der Waals surface area contributed by atoms with Crippen molar-refractivity contribution in [1.82, 2.24) is 0 Å². The highest BCUT2D eigenvalue weighted by Gasteiger charge is 2.36. The average Bonchev–Trinajstić information content (AvgIpc) is 1.79. The Kier molecular flexibility index (Phi) is 3.11. The summed E-state index contributed by atoms with van der Waals surface area (Å²) in [6.07, 6.45) is 3.72. The lowest BCUT2D eigenvalue weighted by atomic mass is 9.85. The fourth-order valence-corrected chi connectivity index (χ4v) is 3.40. The van der Waals surface area contributed by atoms with Gasteiger partial charge in [-0.15, -0.1) is 0 Å². The molecule has 0 aliphatic carbocycles. The van der Waals surface area contributed by atoms with E-state index in [0.29, 0.717) is 5.41 Å². The molecule has 1 rings (SSSR count). The number of rotatable bonds is 0. The smallest absolute Gasteiger partial charge is 0.154 e. The van der Waals surface area contributed by atoms with Crippen LogP contribution in [0.2, 0.25) is 0 Å². The Morgan fingerprint density at radius 2 is 1.92 bits per heavy atom. The summed E-state index contributed by atoms with van der Waals surface area (Å²) in [6, 6.07) is 0. The monoisotopic (exact) mass is 294 g/mol. The van der Waals surface area contributed by atoms with Crippen molar-refractivity contribution in [1.29, 1.82) is 0 Å². The van der Waals surface area contributed by atoms with Gasteiger partial charge in [-0.25, -0.2) is 4.58 Å². The molecule has 1 aliphatic rings.